The van der Waals surface area contributed by atoms with Gasteiger partial charge in [0.25, 0.3) is 5.91 Å². The number of halogens is 1. The predicted octanol–water partition coefficient (Wildman–Crippen LogP) is 2.78. The standard InChI is InChI=1S/C18H21FN2O3S/c1-13(2)20-25(23,24)16-10-8-14(9-11-16)18(22)21(3)12-15-6-4-5-7-17(15)19/h4-11,13,20H,12H2,1-3H3. The first-order valence-electron chi connectivity index (χ1n) is 7.82. The highest BCUT2D eigenvalue weighted by atomic mass is 32.2. The van der Waals surface area contributed by atoms with Gasteiger partial charge in [0.1, 0.15) is 5.82 Å². The van der Waals surface area contributed by atoms with Gasteiger partial charge in [-0.25, -0.2) is 17.5 Å². The van der Waals surface area contributed by atoms with Crippen LogP contribution in [0.5, 0.6) is 0 Å². The van der Waals surface area contributed by atoms with Gasteiger partial charge in [0.05, 0.1) is 4.90 Å². The maximum Gasteiger partial charge on any atom is 0.253 e. The van der Waals surface area contributed by atoms with Crippen LogP contribution in [0, 0.1) is 5.82 Å². The van der Waals surface area contributed by atoms with Crippen LogP contribution in [-0.2, 0) is 16.6 Å². The van der Waals surface area contributed by atoms with Gasteiger partial charge < -0.3 is 4.90 Å². The molecule has 0 aliphatic heterocycles. The molecule has 0 heterocycles. The van der Waals surface area contributed by atoms with Crippen LogP contribution in [0.15, 0.2) is 53.4 Å². The highest BCUT2D eigenvalue weighted by molar-refractivity contribution is 7.89. The van der Waals surface area contributed by atoms with Crippen molar-refractivity contribution in [2.24, 2.45) is 0 Å². The number of sulfonamides is 1. The number of nitrogens with one attached hydrogen (secondary N) is 1. The van der Waals surface area contributed by atoms with E-state index in [2.05, 4.69) is 4.72 Å². The molecule has 2 rings (SSSR count). The number of benzene rings is 2. The van der Waals surface area contributed by atoms with Crippen LogP contribution in [0.1, 0.15) is 29.8 Å². The second-order valence-corrected chi connectivity index (χ2v) is 7.77. The molecular formula is C18H21FN2O3S. The van der Waals surface area contributed by atoms with E-state index in [1.165, 1.54) is 35.2 Å². The van der Waals surface area contributed by atoms with Gasteiger partial charge in [-0.1, -0.05) is 18.2 Å². The Bertz CT molecular complexity index is 849. The van der Waals surface area contributed by atoms with Crippen LogP contribution >= 0.6 is 0 Å². The van der Waals surface area contributed by atoms with E-state index in [0.717, 1.165) is 0 Å². The van der Waals surface area contributed by atoms with Crippen molar-refractivity contribution in [2.45, 2.75) is 31.3 Å². The largest absolute Gasteiger partial charge is 0.337 e. The molecule has 0 atom stereocenters. The fourth-order valence-corrected chi connectivity index (χ4v) is 3.58. The van der Waals surface area contributed by atoms with Crippen LogP contribution in [0.2, 0.25) is 0 Å². The predicted molar refractivity (Wildman–Crippen MR) is 94.1 cm³/mol. The number of nitrogens with zero attached hydrogens (tertiary/aromatic N) is 1. The molecule has 0 aliphatic rings. The van der Waals surface area contributed by atoms with Crippen molar-refractivity contribution in [1.82, 2.24) is 9.62 Å². The summed E-state index contributed by atoms with van der Waals surface area (Å²) in [6.07, 6.45) is 0. The number of rotatable bonds is 6. The third-order valence-electron chi connectivity index (χ3n) is 3.51. The van der Waals surface area contributed by atoms with E-state index in [1.54, 1.807) is 39.1 Å². The monoisotopic (exact) mass is 364 g/mol. The SMILES string of the molecule is CC(C)NS(=O)(=O)c1ccc(C(=O)N(C)Cc2ccccc2F)cc1. The van der Waals surface area contributed by atoms with Gasteiger partial charge >= 0.3 is 0 Å². The molecule has 0 aromatic heterocycles. The average Bonchev–Trinajstić information content (AvgIpc) is 2.55. The summed E-state index contributed by atoms with van der Waals surface area (Å²) in [5.41, 5.74) is 0.751. The Morgan fingerprint density at radius 1 is 1.12 bits per heavy atom. The Labute approximate surface area is 147 Å². The molecule has 25 heavy (non-hydrogen) atoms. The Kier molecular flexibility index (Phi) is 5.92. The summed E-state index contributed by atoms with van der Waals surface area (Å²) >= 11 is 0. The van der Waals surface area contributed by atoms with Crippen molar-refractivity contribution >= 4 is 15.9 Å². The van der Waals surface area contributed by atoms with E-state index in [4.69, 9.17) is 0 Å². The van der Waals surface area contributed by atoms with Crippen molar-refractivity contribution in [3.63, 3.8) is 0 Å². The van der Waals surface area contributed by atoms with E-state index in [-0.39, 0.29) is 29.2 Å². The third kappa shape index (κ3) is 4.87. The van der Waals surface area contributed by atoms with E-state index in [1.807, 2.05) is 0 Å². The molecule has 2 aromatic carbocycles. The van der Waals surface area contributed by atoms with Gasteiger partial charge in [-0.05, 0) is 44.2 Å². The number of carbonyl (C=O) groups excluding carboxylic acids is 1. The van der Waals surface area contributed by atoms with Crippen LogP contribution < -0.4 is 4.72 Å². The fraction of sp³-hybridized carbons (Fsp3) is 0.278. The average molecular weight is 364 g/mol. The van der Waals surface area contributed by atoms with E-state index >= 15 is 0 Å². The third-order valence-corrected chi connectivity index (χ3v) is 5.19. The van der Waals surface area contributed by atoms with Crippen LogP contribution in [-0.4, -0.2) is 32.3 Å². The van der Waals surface area contributed by atoms with Gasteiger partial charge in [-0.2, -0.15) is 0 Å². The molecule has 0 unspecified atom stereocenters. The summed E-state index contributed by atoms with van der Waals surface area (Å²) in [4.78, 5) is 13.9. The first-order valence-corrected chi connectivity index (χ1v) is 9.30. The fourth-order valence-electron chi connectivity index (χ4n) is 2.33. The Hall–Kier alpha value is -2.25. The molecule has 0 fully saturated rings. The molecule has 134 valence electrons. The lowest BCUT2D eigenvalue weighted by molar-refractivity contribution is 0.0783. The minimum Gasteiger partial charge on any atom is -0.337 e. The lowest BCUT2D eigenvalue weighted by atomic mass is 10.1. The molecule has 1 N–H and O–H groups in total. The van der Waals surface area contributed by atoms with Crippen LogP contribution in [0.25, 0.3) is 0 Å². The highest BCUT2D eigenvalue weighted by Gasteiger charge is 2.18. The maximum atomic E-state index is 13.7. The van der Waals surface area contributed by atoms with Crippen molar-refractivity contribution in [3.05, 3.63) is 65.5 Å². The minimum absolute atomic E-state index is 0.0921. The molecular weight excluding hydrogens is 343 g/mol. The van der Waals surface area contributed by atoms with Crippen molar-refractivity contribution < 1.29 is 17.6 Å². The van der Waals surface area contributed by atoms with Crippen LogP contribution in [0.4, 0.5) is 4.39 Å². The summed E-state index contributed by atoms with van der Waals surface area (Å²) in [5.74, 6) is -0.688. The quantitative estimate of drug-likeness (QED) is 0.857. The molecule has 0 saturated heterocycles. The zero-order valence-electron chi connectivity index (χ0n) is 14.4. The van der Waals surface area contributed by atoms with Gasteiger partial charge in [0, 0.05) is 30.8 Å². The second kappa shape index (κ2) is 7.76. The number of amides is 1. The first-order chi connectivity index (χ1) is 11.7. The number of hydrogen-bond acceptors (Lipinski definition) is 3. The van der Waals surface area contributed by atoms with Gasteiger partial charge in [-0.15, -0.1) is 0 Å². The smallest absolute Gasteiger partial charge is 0.253 e. The molecule has 0 bridgehead atoms. The highest BCUT2D eigenvalue weighted by Crippen LogP contribution is 2.15. The Morgan fingerprint density at radius 3 is 2.28 bits per heavy atom. The summed E-state index contributed by atoms with van der Waals surface area (Å²) in [6, 6.07) is 11.7. The molecule has 1 amide bonds. The first kappa shape index (κ1) is 19.1. The number of carbonyl (C=O) groups is 1. The van der Waals surface area contributed by atoms with E-state index in [9.17, 15) is 17.6 Å². The van der Waals surface area contributed by atoms with Gasteiger partial charge in [0.2, 0.25) is 10.0 Å². The summed E-state index contributed by atoms with van der Waals surface area (Å²) < 4.78 is 40.3. The Morgan fingerprint density at radius 2 is 1.72 bits per heavy atom. The molecule has 7 heteroatoms. The van der Waals surface area contributed by atoms with Crippen molar-refractivity contribution in [3.8, 4) is 0 Å². The number of hydrogen-bond donors (Lipinski definition) is 1. The summed E-state index contributed by atoms with van der Waals surface area (Å²) in [6.45, 7) is 3.58. The topological polar surface area (TPSA) is 66.5 Å². The zero-order valence-corrected chi connectivity index (χ0v) is 15.2. The maximum absolute atomic E-state index is 13.7. The second-order valence-electron chi connectivity index (χ2n) is 6.05. The van der Waals surface area contributed by atoms with E-state index in [0.29, 0.717) is 11.1 Å². The Balaban J connectivity index is 2.13. The molecule has 2 aromatic rings. The van der Waals surface area contributed by atoms with Crippen molar-refractivity contribution in [1.29, 1.82) is 0 Å². The van der Waals surface area contributed by atoms with E-state index < -0.39 is 10.0 Å². The molecule has 0 saturated carbocycles. The van der Waals surface area contributed by atoms with Gasteiger partial charge in [-0.3, -0.25) is 4.79 Å². The lowest BCUT2D eigenvalue weighted by Gasteiger charge is -2.18. The van der Waals surface area contributed by atoms with Crippen LogP contribution in [0.3, 0.4) is 0 Å². The van der Waals surface area contributed by atoms with Gasteiger partial charge in [0.15, 0.2) is 0 Å². The molecule has 5 nitrogen and oxygen atoms in total. The lowest BCUT2D eigenvalue weighted by Crippen LogP contribution is -2.30. The zero-order chi connectivity index (χ0) is 18.6. The molecule has 0 aliphatic carbocycles. The molecule has 0 spiro atoms. The molecule has 0 radical (unpaired) electrons. The minimum atomic E-state index is -3.60. The summed E-state index contributed by atoms with van der Waals surface area (Å²) in [7, 11) is -2.03. The normalized spacial score (nSPS) is 11.6. The summed E-state index contributed by atoms with van der Waals surface area (Å²) in [5, 5.41) is 0. The van der Waals surface area contributed by atoms with Crippen molar-refractivity contribution in [2.75, 3.05) is 7.05 Å².